The number of hydrogen-bond donors (Lipinski definition) is 0. The minimum absolute atomic E-state index is 0.237. The highest BCUT2D eigenvalue weighted by atomic mass is 16.5. The molecular formula is C25H33NO4. The van der Waals surface area contributed by atoms with Crippen molar-refractivity contribution in [2.24, 2.45) is 0 Å². The molecule has 0 saturated heterocycles. The Kier molecular flexibility index (Phi) is 10.5. The molecule has 30 heavy (non-hydrogen) atoms. The van der Waals surface area contributed by atoms with Crippen LogP contribution in [-0.4, -0.2) is 32.0 Å². The first-order chi connectivity index (χ1) is 14.6. The van der Waals surface area contributed by atoms with Crippen molar-refractivity contribution < 1.29 is 19.1 Å². The van der Waals surface area contributed by atoms with Gasteiger partial charge in [0.25, 0.3) is 0 Å². The molecule has 2 aromatic carbocycles. The van der Waals surface area contributed by atoms with E-state index in [4.69, 9.17) is 9.47 Å². The number of carbonyl (C=O) groups is 2. The van der Waals surface area contributed by atoms with Crippen molar-refractivity contribution in [1.29, 1.82) is 0 Å². The maximum Gasteiger partial charge on any atom is 0.302 e. The molecular weight excluding hydrogens is 378 g/mol. The molecule has 0 aliphatic carbocycles. The van der Waals surface area contributed by atoms with Crippen molar-refractivity contribution in [3.63, 3.8) is 0 Å². The van der Waals surface area contributed by atoms with Gasteiger partial charge in [-0.3, -0.25) is 9.59 Å². The van der Waals surface area contributed by atoms with Gasteiger partial charge < -0.3 is 14.4 Å². The fourth-order valence-corrected chi connectivity index (χ4v) is 3.22. The van der Waals surface area contributed by atoms with Gasteiger partial charge in [0.1, 0.15) is 12.4 Å². The zero-order valence-corrected chi connectivity index (χ0v) is 18.1. The zero-order chi connectivity index (χ0) is 21.6. The second-order valence-electron chi connectivity index (χ2n) is 7.36. The lowest BCUT2D eigenvalue weighted by Crippen LogP contribution is -2.26. The third kappa shape index (κ3) is 8.27. The van der Waals surface area contributed by atoms with Gasteiger partial charge in [-0.2, -0.15) is 0 Å². The Balaban J connectivity index is 2.06. The van der Waals surface area contributed by atoms with E-state index in [1.54, 1.807) is 0 Å². The van der Waals surface area contributed by atoms with Crippen molar-refractivity contribution >= 4 is 17.9 Å². The van der Waals surface area contributed by atoms with Crippen molar-refractivity contribution in [2.75, 3.05) is 24.6 Å². The zero-order valence-electron chi connectivity index (χ0n) is 18.1. The van der Waals surface area contributed by atoms with Crippen LogP contribution in [0.3, 0.4) is 0 Å². The largest absolute Gasteiger partial charge is 0.488 e. The van der Waals surface area contributed by atoms with Gasteiger partial charge in [0.2, 0.25) is 0 Å². The van der Waals surface area contributed by atoms with Crippen LogP contribution in [0.4, 0.5) is 5.69 Å². The van der Waals surface area contributed by atoms with E-state index in [2.05, 4.69) is 11.8 Å². The maximum absolute atomic E-state index is 11.5. The van der Waals surface area contributed by atoms with Gasteiger partial charge in [-0.15, -0.1) is 0 Å². The van der Waals surface area contributed by atoms with E-state index in [0.29, 0.717) is 24.5 Å². The van der Waals surface area contributed by atoms with E-state index in [0.717, 1.165) is 56.3 Å². The van der Waals surface area contributed by atoms with Gasteiger partial charge in [-0.05, 0) is 37.0 Å². The monoisotopic (exact) mass is 411 g/mol. The predicted octanol–water partition coefficient (Wildman–Crippen LogP) is 5.42. The van der Waals surface area contributed by atoms with Gasteiger partial charge in [0.05, 0.1) is 12.2 Å². The van der Waals surface area contributed by atoms with E-state index in [1.807, 2.05) is 48.5 Å². The summed E-state index contributed by atoms with van der Waals surface area (Å²) in [5.41, 5.74) is 2.66. The third-order valence-electron chi connectivity index (χ3n) is 4.89. The number of aldehydes is 1. The van der Waals surface area contributed by atoms with Crippen LogP contribution in [0.1, 0.15) is 61.9 Å². The molecule has 5 heteroatoms. The Morgan fingerprint density at radius 1 is 1.00 bits per heavy atom. The van der Waals surface area contributed by atoms with Crippen molar-refractivity contribution in [2.45, 2.75) is 52.6 Å². The number of hydrogen-bond acceptors (Lipinski definition) is 5. The molecule has 0 heterocycles. The molecule has 0 atom stereocenters. The van der Waals surface area contributed by atoms with E-state index >= 15 is 0 Å². The quantitative estimate of drug-likeness (QED) is 0.236. The number of benzene rings is 2. The SMILES string of the molecule is CCCCCN(CCCCOC(C)=O)c1ccc(C=O)c(OCc2ccccc2)c1. The molecule has 0 aliphatic heterocycles. The third-order valence-corrected chi connectivity index (χ3v) is 4.89. The van der Waals surface area contributed by atoms with Gasteiger partial charge in [0.15, 0.2) is 6.29 Å². The lowest BCUT2D eigenvalue weighted by molar-refractivity contribution is -0.141. The van der Waals surface area contributed by atoms with E-state index in [1.165, 1.54) is 13.3 Å². The lowest BCUT2D eigenvalue weighted by atomic mass is 10.1. The standard InChI is InChI=1S/C25H33NO4/c1-3-4-8-15-26(16-9-10-17-29-21(2)28)24-14-13-23(19-27)25(18-24)30-20-22-11-6-5-7-12-22/h5-7,11-14,18-19H,3-4,8-10,15-17,20H2,1-2H3. The minimum atomic E-state index is -0.237. The Morgan fingerprint density at radius 2 is 1.73 bits per heavy atom. The highest BCUT2D eigenvalue weighted by Gasteiger charge is 2.11. The number of ether oxygens (including phenoxy) is 2. The molecule has 2 rings (SSSR count). The molecule has 2 aromatic rings. The van der Waals surface area contributed by atoms with Crippen LogP contribution in [0.2, 0.25) is 0 Å². The van der Waals surface area contributed by atoms with Crippen LogP contribution < -0.4 is 9.64 Å². The minimum Gasteiger partial charge on any atom is -0.488 e. The average molecular weight is 412 g/mol. The van der Waals surface area contributed by atoms with Crippen LogP contribution in [0, 0.1) is 0 Å². The summed E-state index contributed by atoms with van der Waals surface area (Å²) in [4.78, 5) is 24.7. The van der Waals surface area contributed by atoms with Crippen molar-refractivity contribution in [3.8, 4) is 5.75 Å². The Labute approximate surface area is 180 Å². The molecule has 5 nitrogen and oxygen atoms in total. The number of rotatable bonds is 14. The van der Waals surface area contributed by atoms with Crippen molar-refractivity contribution in [3.05, 3.63) is 59.7 Å². The van der Waals surface area contributed by atoms with Crippen molar-refractivity contribution in [1.82, 2.24) is 0 Å². The second-order valence-corrected chi connectivity index (χ2v) is 7.36. The molecule has 0 bridgehead atoms. The summed E-state index contributed by atoms with van der Waals surface area (Å²) in [7, 11) is 0. The van der Waals surface area contributed by atoms with Gasteiger partial charge >= 0.3 is 5.97 Å². The Morgan fingerprint density at radius 3 is 2.40 bits per heavy atom. The van der Waals surface area contributed by atoms with Crippen LogP contribution in [-0.2, 0) is 16.1 Å². The molecule has 0 spiro atoms. The summed E-state index contributed by atoms with van der Waals surface area (Å²) in [5, 5.41) is 0. The highest BCUT2D eigenvalue weighted by Crippen LogP contribution is 2.26. The summed E-state index contributed by atoms with van der Waals surface area (Å²) in [5.74, 6) is 0.367. The topological polar surface area (TPSA) is 55.8 Å². The fourth-order valence-electron chi connectivity index (χ4n) is 3.22. The maximum atomic E-state index is 11.5. The van der Waals surface area contributed by atoms with Crippen LogP contribution in [0.15, 0.2) is 48.5 Å². The van der Waals surface area contributed by atoms with Crippen LogP contribution >= 0.6 is 0 Å². The number of unbranched alkanes of at least 4 members (excludes halogenated alkanes) is 3. The van der Waals surface area contributed by atoms with Gasteiger partial charge in [-0.1, -0.05) is 50.1 Å². The average Bonchev–Trinajstić information content (AvgIpc) is 2.76. The Hall–Kier alpha value is -2.82. The summed E-state index contributed by atoms with van der Waals surface area (Å²) >= 11 is 0. The van der Waals surface area contributed by atoms with Crippen LogP contribution in [0.25, 0.3) is 0 Å². The Bertz CT molecular complexity index is 776. The highest BCUT2D eigenvalue weighted by molar-refractivity contribution is 5.80. The molecule has 0 aromatic heterocycles. The summed E-state index contributed by atoms with van der Waals surface area (Å²) in [6.07, 6.45) is 6.03. The molecule has 0 radical (unpaired) electrons. The van der Waals surface area contributed by atoms with E-state index in [-0.39, 0.29) is 5.97 Å². The number of nitrogens with zero attached hydrogens (tertiary/aromatic N) is 1. The first-order valence-electron chi connectivity index (χ1n) is 10.8. The van der Waals surface area contributed by atoms with Crippen LogP contribution in [0.5, 0.6) is 5.75 Å². The molecule has 0 saturated carbocycles. The van der Waals surface area contributed by atoms with E-state index < -0.39 is 0 Å². The number of esters is 1. The first-order valence-corrected chi connectivity index (χ1v) is 10.8. The molecule has 0 fully saturated rings. The smallest absolute Gasteiger partial charge is 0.302 e. The van der Waals surface area contributed by atoms with Gasteiger partial charge in [0, 0.05) is 31.8 Å². The summed E-state index contributed by atoms with van der Waals surface area (Å²) in [6.45, 7) is 6.31. The fraction of sp³-hybridized carbons (Fsp3) is 0.440. The van der Waals surface area contributed by atoms with Gasteiger partial charge in [-0.25, -0.2) is 0 Å². The summed E-state index contributed by atoms with van der Waals surface area (Å²) < 4.78 is 11.0. The number of anilines is 1. The summed E-state index contributed by atoms with van der Waals surface area (Å²) in [6, 6.07) is 15.7. The molecule has 0 unspecified atom stereocenters. The second kappa shape index (κ2) is 13.4. The molecule has 0 N–H and O–H groups in total. The molecule has 162 valence electrons. The molecule has 0 aliphatic rings. The lowest BCUT2D eigenvalue weighted by Gasteiger charge is -2.26. The normalized spacial score (nSPS) is 10.5. The first kappa shape index (κ1) is 23.5. The van der Waals surface area contributed by atoms with E-state index in [9.17, 15) is 9.59 Å². The molecule has 0 amide bonds. The number of carbonyl (C=O) groups excluding carboxylic acids is 2. The predicted molar refractivity (Wildman–Crippen MR) is 120 cm³/mol.